The molecule has 2 heterocycles. The zero-order valence-electron chi connectivity index (χ0n) is 9.76. The van der Waals surface area contributed by atoms with E-state index in [9.17, 15) is 4.79 Å². The Morgan fingerprint density at radius 3 is 2.38 bits per heavy atom. The van der Waals surface area contributed by atoms with E-state index < -0.39 is 6.09 Å². The molecular formula is C11H20N2O3. The number of amides is 1. The van der Waals surface area contributed by atoms with E-state index in [-0.39, 0.29) is 0 Å². The van der Waals surface area contributed by atoms with Gasteiger partial charge in [-0.2, -0.15) is 0 Å². The van der Waals surface area contributed by atoms with E-state index in [0.717, 1.165) is 32.6 Å². The van der Waals surface area contributed by atoms with Crippen LogP contribution in [0.4, 0.5) is 4.79 Å². The molecule has 5 heteroatoms. The van der Waals surface area contributed by atoms with Crippen LogP contribution in [0, 0.1) is 0 Å². The van der Waals surface area contributed by atoms with Crippen LogP contribution in [-0.2, 0) is 4.74 Å². The first-order valence-corrected chi connectivity index (χ1v) is 6.03. The maximum Gasteiger partial charge on any atom is 0.407 e. The van der Waals surface area contributed by atoms with Gasteiger partial charge in [-0.25, -0.2) is 4.79 Å². The largest absolute Gasteiger partial charge is 0.465 e. The topological polar surface area (TPSA) is 53.0 Å². The van der Waals surface area contributed by atoms with Gasteiger partial charge in [0.25, 0.3) is 0 Å². The van der Waals surface area contributed by atoms with Crippen LogP contribution >= 0.6 is 0 Å². The van der Waals surface area contributed by atoms with Crippen LogP contribution in [0.1, 0.15) is 19.8 Å². The quantitative estimate of drug-likeness (QED) is 0.778. The van der Waals surface area contributed by atoms with Gasteiger partial charge in [-0.15, -0.1) is 0 Å². The Hall–Kier alpha value is -0.810. The molecular weight excluding hydrogens is 208 g/mol. The lowest BCUT2D eigenvalue weighted by molar-refractivity contribution is -0.0839. The van der Waals surface area contributed by atoms with Crippen LogP contribution in [0.15, 0.2) is 0 Å². The van der Waals surface area contributed by atoms with Crippen molar-refractivity contribution in [2.75, 3.05) is 32.8 Å². The van der Waals surface area contributed by atoms with Gasteiger partial charge in [-0.05, 0) is 19.4 Å². The molecule has 0 aromatic heterocycles. The molecule has 2 fully saturated rings. The first-order valence-electron chi connectivity index (χ1n) is 6.03. The Kier molecular flexibility index (Phi) is 3.66. The number of nitrogens with zero attached hydrogens (tertiary/aromatic N) is 2. The highest BCUT2D eigenvalue weighted by Crippen LogP contribution is 2.21. The Morgan fingerprint density at radius 2 is 2.00 bits per heavy atom. The Bertz CT molecular complexity index is 248. The lowest BCUT2D eigenvalue weighted by Crippen LogP contribution is -2.56. The summed E-state index contributed by atoms with van der Waals surface area (Å²) in [4.78, 5) is 14.8. The van der Waals surface area contributed by atoms with Crippen molar-refractivity contribution >= 4 is 6.09 Å². The number of ether oxygens (including phenoxy) is 1. The van der Waals surface area contributed by atoms with Gasteiger partial charge in [0, 0.05) is 19.1 Å². The van der Waals surface area contributed by atoms with Crippen molar-refractivity contribution in [3.8, 4) is 0 Å². The summed E-state index contributed by atoms with van der Waals surface area (Å²) in [6.45, 7) is 6.22. The molecule has 0 aliphatic carbocycles. The molecule has 1 N–H and O–H groups in total. The number of likely N-dealkylation sites (tertiary alicyclic amines) is 1. The minimum Gasteiger partial charge on any atom is -0.465 e. The van der Waals surface area contributed by atoms with Gasteiger partial charge in [0.1, 0.15) is 0 Å². The summed E-state index contributed by atoms with van der Waals surface area (Å²) < 4.78 is 5.22. The highest BCUT2D eigenvalue weighted by Gasteiger charge is 2.33. The van der Waals surface area contributed by atoms with Gasteiger partial charge >= 0.3 is 6.09 Å². The zero-order valence-corrected chi connectivity index (χ0v) is 9.76. The molecule has 5 nitrogen and oxygen atoms in total. The third kappa shape index (κ3) is 2.30. The second-order valence-corrected chi connectivity index (χ2v) is 4.52. The Balaban J connectivity index is 1.84. The second-order valence-electron chi connectivity index (χ2n) is 4.52. The molecule has 0 aromatic rings. The van der Waals surface area contributed by atoms with Gasteiger partial charge in [-0.3, -0.25) is 4.90 Å². The summed E-state index contributed by atoms with van der Waals surface area (Å²) in [7, 11) is 0. The van der Waals surface area contributed by atoms with Crippen molar-refractivity contribution in [1.29, 1.82) is 0 Å². The third-order valence-electron chi connectivity index (χ3n) is 3.66. The SMILES string of the molecule is CCN(C1CCN(C(=O)O)CC1)C1COC1. The molecule has 0 bridgehead atoms. The monoisotopic (exact) mass is 228 g/mol. The van der Waals surface area contributed by atoms with E-state index in [0.29, 0.717) is 25.2 Å². The van der Waals surface area contributed by atoms with Crippen molar-refractivity contribution in [3.63, 3.8) is 0 Å². The van der Waals surface area contributed by atoms with Crippen molar-refractivity contribution in [2.24, 2.45) is 0 Å². The van der Waals surface area contributed by atoms with Crippen LogP contribution in [0.25, 0.3) is 0 Å². The molecule has 16 heavy (non-hydrogen) atoms. The number of carboxylic acid groups (broad SMARTS) is 1. The molecule has 0 atom stereocenters. The van der Waals surface area contributed by atoms with Crippen LogP contribution in [0.2, 0.25) is 0 Å². The molecule has 0 spiro atoms. The lowest BCUT2D eigenvalue weighted by Gasteiger charge is -2.44. The van der Waals surface area contributed by atoms with E-state index in [2.05, 4.69) is 11.8 Å². The molecule has 2 aliphatic rings. The molecule has 0 unspecified atom stereocenters. The number of likely N-dealkylation sites (N-methyl/N-ethyl adjacent to an activating group) is 1. The predicted molar refractivity (Wildman–Crippen MR) is 59.6 cm³/mol. The maximum atomic E-state index is 10.8. The van der Waals surface area contributed by atoms with Crippen molar-refractivity contribution in [2.45, 2.75) is 31.8 Å². The summed E-state index contributed by atoms with van der Waals surface area (Å²) in [5, 5.41) is 8.88. The van der Waals surface area contributed by atoms with E-state index in [1.807, 2.05) is 0 Å². The highest BCUT2D eigenvalue weighted by atomic mass is 16.5. The van der Waals surface area contributed by atoms with Crippen LogP contribution in [-0.4, -0.2) is 65.9 Å². The average Bonchev–Trinajstić information content (AvgIpc) is 2.23. The molecule has 2 aliphatic heterocycles. The summed E-state index contributed by atoms with van der Waals surface area (Å²) in [5.74, 6) is 0. The molecule has 0 aromatic carbocycles. The minimum atomic E-state index is -0.784. The van der Waals surface area contributed by atoms with Gasteiger partial charge in [0.05, 0.1) is 19.3 Å². The van der Waals surface area contributed by atoms with Crippen LogP contribution in [0.3, 0.4) is 0 Å². The van der Waals surface area contributed by atoms with E-state index in [4.69, 9.17) is 9.84 Å². The molecule has 0 saturated carbocycles. The minimum absolute atomic E-state index is 0.537. The molecule has 1 amide bonds. The van der Waals surface area contributed by atoms with Crippen LogP contribution < -0.4 is 0 Å². The average molecular weight is 228 g/mol. The van der Waals surface area contributed by atoms with Crippen molar-refractivity contribution in [3.05, 3.63) is 0 Å². The number of hydrogen-bond donors (Lipinski definition) is 1. The second kappa shape index (κ2) is 5.01. The number of rotatable bonds is 3. The predicted octanol–water partition coefficient (Wildman–Crippen LogP) is 0.849. The van der Waals surface area contributed by atoms with Gasteiger partial charge in [0.2, 0.25) is 0 Å². The zero-order chi connectivity index (χ0) is 11.5. The first-order chi connectivity index (χ1) is 7.72. The fourth-order valence-electron chi connectivity index (χ4n) is 2.62. The van der Waals surface area contributed by atoms with Gasteiger partial charge < -0.3 is 14.7 Å². The number of piperidine rings is 1. The van der Waals surface area contributed by atoms with Gasteiger partial charge in [0.15, 0.2) is 0 Å². The standard InChI is InChI=1S/C11H20N2O3/c1-2-13(10-7-16-8-10)9-3-5-12(6-4-9)11(14)15/h9-10H,2-8H2,1H3,(H,14,15). The first kappa shape index (κ1) is 11.7. The van der Waals surface area contributed by atoms with Crippen LogP contribution in [0.5, 0.6) is 0 Å². The molecule has 2 saturated heterocycles. The van der Waals surface area contributed by atoms with Crippen molar-refractivity contribution < 1.29 is 14.6 Å². The third-order valence-corrected chi connectivity index (χ3v) is 3.66. The fourth-order valence-corrected chi connectivity index (χ4v) is 2.62. The van der Waals surface area contributed by atoms with E-state index in [1.165, 1.54) is 4.90 Å². The lowest BCUT2D eigenvalue weighted by atomic mass is 10.0. The fraction of sp³-hybridized carbons (Fsp3) is 0.909. The molecule has 2 rings (SSSR count). The number of carbonyl (C=O) groups is 1. The summed E-state index contributed by atoms with van der Waals surface area (Å²) >= 11 is 0. The van der Waals surface area contributed by atoms with E-state index in [1.54, 1.807) is 0 Å². The van der Waals surface area contributed by atoms with Crippen molar-refractivity contribution in [1.82, 2.24) is 9.80 Å². The molecule has 92 valence electrons. The smallest absolute Gasteiger partial charge is 0.407 e. The summed E-state index contributed by atoms with van der Waals surface area (Å²) in [6.07, 6.45) is 1.13. The van der Waals surface area contributed by atoms with Gasteiger partial charge in [-0.1, -0.05) is 6.92 Å². The summed E-state index contributed by atoms with van der Waals surface area (Å²) in [6, 6.07) is 1.10. The molecule has 0 radical (unpaired) electrons. The Labute approximate surface area is 96.0 Å². The maximum absolute atomic E-state index is 10.8. The number of hydrogen-bond acceptors (Lipinski definition) is 3. The Morgan fingerprint density at radius 1 is 1.38 bits per heavy atom. The normalized spacial score (nSPS) is 23.5. The summed E-state index contributed by atoms with van der Waals surface area (Å²) in [5.41, 5.74) is 0. The van der Waals surface area contributed by atoms with E-state index >= 15 is 0 Å². The highest BCUT2D eigenvalue weighted by molar-refractivity contribution is 5.65.